The van der Waals surface area contributed by atoms with Gasteiger partial charge in [-0.15, -0.1) is 0 Å². The predicted octanol–water partition coefficient (Wildman–Crippen LogP) is 1.51. The smallest absolute Gasteiger partial charge is 0.237 e. The molecule has 1 fully saturated rings. The fourth-order valence-corrected chi connectivity index (χ4v) is 2.55. The number of hydrogen-bond acceptors (Lipinski definition) is 3. The van der Waals surface area contributed by atoms with Gasteiger partial charge in [-0.25, -0.2) is 4.39 Å². The Bertz CT molecular complexity index is 464. The third kappa shape index (κ3) is 3.23. The molecule has 1 aromatic carbocycles. The Kier molecular flexibility index (Phi) is 4.37. The molecule has 19 heavy (non-hydrogen) atoms. The second-order valence-corrected chi connectivity index (χ2v) is 4.95. The van der Waals surface area contributed by atoms with Crippen molar-refractivity contribution in [1.82, 2.24) is 10.2 Å². The molecule has 1 aliphatic heterocycles. The van der Waals surface area contributed by atoms with Gasteiger partial charge in [0.15, 0.2) is 0 Å². The van der Waals surface area contributed by atoms with Gasteiger partial charge in [-0.05, 0) is 37.1 Å². The van der Waals surface area contributed by atoms with Crippen molar-refractivity contribution in [2.24, 2.45) is 0 Å². The summed E-state index contributed by atoms with van der Waals surface area (Å²) in [5, 5.41) is 2.70. The van der Waals surface area contributed by atoms with Gasteiger partial charge in [0, 0.05) is 13.6 Å². The summed E-state index contributed by atoms with van der Waals surface area (Å²) in [7, 11) is 1.65. The third-order valence-corrected chi connectivity index (χ3v) is 3.61. The van der Waals surface area contributed by atoms with Crippen LogP contribution in [0.15, 0.2) is 18.2 Å². The molecule has 0 radical (unpaired) electrons. The number of rotatable bonds is 3. The Morgan fingerprint density at radius 1 is 1.53 bits per heavy atom. The van der Waals surface area contributed by atoms with Crippen LogP contribution in [0, 0.1) is 5.82 Å². The summed E-state index contributed by atoms with van der Waals surface area (Å²) in [6.07, 6.45) is 2.99. The summed E-state index contributed by atoms with van der Waals surface area (Å²) in [6, 6.07) is 4.72. The Morgan fingerprint density at radius 2 is 2.32 bits per heavy atom. The summed E-state index contributed by atoms with van der Waals surface area (Å²) < 4.78 is 13.4. The molecule has 0 aliphatic carbocycles. The number of benzene rings is 1. The van der Waals surface area contributed by atoms with Crippen LogP contribution >= 0.6 is 0 Å². The van der Waals surface area contributed by atoms with Crippen LogP contribution in [0.5, 0.6) is 0 Å². The molecule has 104 valence electrons. The quantitative estimate of drug-likeness (QED) is 0.814. The molecule has 3 N–H and O–H groups in total. The number of amides is 1. The van der Waals surface area contributed by atoms with E-state index in [4.69, 9.17) is 5.73 Å². The lowest BCUT2D eigenvalue weighted by molar-refractivity contribution is -0.127. The van der Waals surface area contributed by atoms with E-state index in [9.17, 15) is 9.18 Å². The topological polar surface area (TPSA) is 58.4 Å². The Hall–Kier alpha value is -1.62. The highest BCUT2D eigenvalue weighted by atomic mass is 19.1. The second-order valence-electron chi connectivity index (χ2n) is 4.95. The Labute approximate surface area is 112 Å². The van der Waals surface area contributed by atoms with E-state index in [1.807, 2.05) is 6.07 Å². The molecule has 1 atom stereocenters. The van der Waals surface area contributed by atoms with E-state index in [1.165, 1.54) is 6.07 Å². The Balaban J connectivity index is 2.10. The van der Waals surface area contributed by atoms with E-state index in [-0.39, 0.29) is 17.6 Å². The average Bonchev–Trinajstić information content (AvgIpc) is 2.43. The number of carbonyl (C=O) groups is 1. The minimum absolute atomic E-state index is 0.0376. The number of carbonyl (C=O) groups excluding carboxylic acids is 1. The molecular formula is C14H20FN3O. The van der Waals surface area contributed by atoms with E-state index in [0.717, 1.165) is 31.4 Å². The fraction of sp³-hybridized carbons (Fsp3) is 0.500. The van der Waals surface area contributed by atoms with Crippen molar-refractivity contribution >= 4 is 11.6 Å². The van der Waals surface area contributed by atoms with Gasteiger partial charge >= 0.3 is 0 Å². The summed E-state index contributed by atoms with van der Waals surface area (Å²) in [5.41, 5.74) is 6.47. The lowest BCUT2D eigenvalue weighted by Crippen LogP contribution is -2.48. The zero-order valence-electron chi connectivity index (χ0n) is 11.2. The highest BCUT2D eigenvalue weighted by Crippen LogP contribution is 2.21. The summed E-state index contributed by atoms with van der Waals surface area (Å²) in [4.78, 5) is 13.9. The molecule has 5 heteroatoms. The minimum atomic E-state index is -0.397. The highest BCUT2D eigenvalue weighted by molar-refractivity contribution is 5.81. The van der Waals surface area contributed by atoms with Gasteiger partial charge < -0.3 is 11.1 Å². The van der Waals surface area contributed by atoms with E-state index in [2.05, 4.69) is 10.2 Å². The fourth-order valence-electron chi connectivity index (χ4n) is 2.55. The van der Waals surface area contributed by atoms with Crippen molar-refractivity contribution in [2.45, 2.75) is 31.8 Å². The number of piperidine rings is 1. The van der Waals surface area contributed by atoms with Crippen LogP contribution in [0.1, 0.15) is 24.8 Å². The molecular weight excluding hydrogens is 245 g/mol. The van der Waals surface area contributed by atoms with Crippen LogP contribution in [0.2, 0.25) is 0 Å². The van der Waals surface area contributed by atoms with Gasteiger partial charge in [-0.2, -0.15) is 0 Å². The van der Waals surface area contributed by atoms with Gasteiger partial charge in [0.2, 0.25) is 5.91 Å². The standard InChI is InChI=1S/C14H20FN3O/c1-17-14(19)13-4-2-3-7-18(13)9-10-5-6-12(16)11(15)8-10/h5-6,8,13H,2-4,7,9,16H2,1H3,(H,17,19). The maximum atomic E-state index is 13.4. The summed E-state index contributed by atoms with van der Waals surface area (Å²) >= 11 is 0. The summed E-state index contributed by atoms with van der Waals surface area (Å²) in [5.74, 6) is -0.360. The van der Waals surface area contributed by atoms with Crippen LogP contribution in [0.4, 0.5) is 10.1 Å². The number of nitrogens with two attached hydrogens (primary N) is 1. The van der Waals surface area contributed by atoms with Crippen molar-refractivity contribution in [3.05, 3.63) is 29.6 Å². The van der Waals surface area contributed by atoms with Crippen LogP contribution in [0.3, 0.4) is 0 Å². The number of likely N-dealkylation sites (N-methyl/N-ethyl adjacent to an activating group) is 1. The SMILES string of the molecule is CNC(=O)C1CCCCN1Cc1ccc(N)c(F)c1. The molecule has 1 heterocycles. The van der Waals surface area contributed by atoms with Crippen molar-refractivity contribution in [1.29, 1.82) is 0 Å². The first kappa shape index (κ1) is 13.8. The highest BCUT2D eigenvalue weighted by Gasteiger charge is 2.27. The summed E-state index contributed by atoms with van der Waals surface area (Å²) in [6.45, 7) is 1.44. The maximum Gasteiger partial charge on any atom is 0.237 e. The zero-order valence-corrected chi connectivity index (χ0v) is 11.2. The molecule has 2 rings (SSSR count). The molecule has 1 aliphatic rings. The van der Waals surface area contributed by atoms with Crippen LogP contribution in [0.25, 0.3) is 0 Å². The monoisotopic (exact) mass is 265 g/mol. The molecule has 1 unspecified atom stereocenters. The Morgan fingerprint density at radius 3 is 3.00 bits per heavy atom. The normalized spacial score (nSPS) is 20.2. The van der Waals surface area contributed by atoms with E-state index in [1.54, 1.807) is 13.1 Å². The number of nitrogen functional groups attached to an aromatic ring is 1. The number of likely N-dealkylation sites (tertiary alicyclic amines) is 1. The number of halogens is 1. The maximum absolute atomic E-state index is 13.4. The lowest BCUT2D eigenvalue weighted by atomic mass is 10.0. The van der Waals surface area contributed by atoms with Crippen molar-refractivity contribution in [3.63, 3.8) is 0 Å². The van der Waals surface area contributed by atoms with Gasteiger partial charge in [0.1, 0.15) is 5.82 Å². The van der Waals surface area contributed by atoms with Gasteiger partial charge in [-0.3, -0.25) is 9.69 Å². The number of nitrogens with one attached hydrogen (secondary N) is 1. The first-order chi connectivity index (χ1) is 9.11. The molecule has 0 spiro atoms. The van der Waals surface area contributed by atoms with Crippen molar-refractivity contribution in [3.8, 4) is 0 Å². The zero-order chi connectivity index (χ0) is 13.8. The second kappa shape index (κ2) is 6.02. The number of nitrogens with zero attached hydrogens (tertiary/aromatic N) is 1. The molecule has 1 saturated heterocycles. The lowest BCUT2D eigenvalue weighted by Gasteiger charge is -2.34. The van der Waals surface area contributed by atoms with Crippen LogP contribution in [-0.2, 0) is 11.3 Å². The average molecular weight is 265 g/mol. The minimum Gasteiger partial charge on any atom is -0.396 e. The first-order valence-corrected chi connectivity index (χ1v) is 6.61. The molecule has 0 aromatic heterocycles. The van der Waals surface area contributed by atoms with Crippen molar-refractivity contribution < 1.29 is 9.18 Å². The largest absolute Gasteiger partial charge is 0.396 e. The molecule has 4 nitrogen and oxygen atoms in total. The van der Waals surface area contributed by atoms with E-state index >= 15 is 0 Å². The molecule has 0 bridgehead atoms. The number of anilines is 1. The van der Waals surface area contributed by atoms with Crippen molar-refractivity contribution in [2.75, 3.05) is 19.3 Å². The van der Waals surface area contributed by atoms with Crippen LogP contribution < -0.4 is 11.1 Å². The van der Waals surface area contributed by atoms with Gasteiger partial charge in [-0.1, -0.05) is 12.5 Å². The predicted molar refractivity (Wildman–Crippen MR) is 72.9 cm³/mol. The van der Waals surface area contributed by atoms with Crippen LogP contribution in [-0.4, -0.2) is 30.4 Å². The molecule has 1 aromatic rings. The van der Waals surface area contributed by atoms with Gasteiger partial charge in [0.25, 0.3) is 0 Å². The van der Waals surface area contributed by atoms with Gasteiger partial charge in [0.05, 0.1) is 11.7 Å². The van der Waals surface area contributed by atoms with E-state index < -0.39 is 5.82 Å². The molecule has 1 amide bonds. The number of hydrogen-bond donors (Lipinski definition) is 2. The van der Waals surface area contributed by atoms with E-state index in [0.29, 0.717) is 6.54 Å². The third-order valence-electron chi connectivity index (χ3n) is 3.61. The molecule has 0 saturated carbocycles. The first-order valence-electron chi connectivity index (χ1n) is 6.61.